The first-order chi connectivity index (χ1) is 14.5. The van der Waals surface area contributed by atoms with Crippen molar-refractivity contribution in [3.05, 3.63) is 64.7 Å². The molecule has 3 rings (SSSR count). The highest BCUT2D eigenvalue weighted by Crippen LogP contribution is 2.26. The molecule has 1 heterocycles. The molecule has 0 radical (unpaired) electrons. The summed E-state index contributed by atoms with van der Waals surface area (Å²) in [5, 5.41) is 3.05. The van der Waals surface area contributed by atoms with Gasteiger partial charge in [-0.05, 0) is 74.7 Å². The Morgan fingerprint density at radius 1 is 1.00 bits per heavy atom. The third-order valence-corrected chi connectivity index (χ3v) is 5.98. The molecule has 1 saturated heterocycles. The lowest BCUT2D eigenvalue weighted by Gasteiger charge is -2.28. The van der Waals surface area contributed by atoms with Gasteiger partial charge in [-0.25, -0.2) is 0 Å². The zero-order valence-corrected chi connectivity index (χ0v) is 18.2. The number of carbonyl (C=O) groups excluding carboxylic acids is 2. The molecule has 5 heteroatoms. The van der Waals surface area contributed by atoms with Gasteiger partial charge in [0.25, 0.3) is 0 Å². The van der Waals surface area contributed by atoms with Crippen molar-refractivity contribution in [2.24, 2.45) is 0 Å². The first-order valence-electron chi connectivity index (χ1n) is 10.7. The fourth-order valence-electron chi connectivity index (χ4n) is 3.92. The highest BCUT2D eigenvalue weighted by atomic mass is 16.5. The Hall–Kier alpha value is -2.66. The van der Waals surface area contributed by atoms with Gasteiger partial charge in [-0.15, -0.1) is 0 Å². The zero-order valence-electron chi connectivity index (χ0n) is 18.2. The lowest BCUT2D eigenvalue weighted by molar-refractivity contribution is -0.121. The molecule has 1 N–H and O–H groups in total. The number of rotatable bonds is 9. The maximum atomic E-state index is 12.4. The van der Waals surface area contributed by atoms with Gasteiger partial charge in [0, 0.05) is 24.9 Å². The number of hydrogen-bond donors (Lipinski definition) is 1. The van der Waals surface area contributed by atoms with Gasteiger partial charge in [0.15, 0.2) is 5.78 Å². The first kappa shape index (κ1) is 22.0. The van der Waals surface area contributed by atoms with Crippen LogP contribution in [0.4, 0.5) is 0 Å². The minimum Gasteiger partial charge on any atom is -0.497 e. The molecule has 2 aromatic rings. The molecular formula is C25H32N2O3. The summed E-state index contributed by atoms with van der Waals surface area (Å²) < 4.78 is 5.26. The van der Waals surface area contributed by atoms with Gasteiger partial charge in [-0.3, -0.25) is 14.5 Å². The van der Waals surface area contributed by atoms with Gasteiger partial charge in [0.05, 0.1) is 13.2 Å². The molecule has 2 aromatic carbocycles. The average molecular weight is 409 g/mol. The molecule has 0 saturated carbocycles. The van der Waals surface area contributed by atoms with Crippen LogP contribution in [0.3, 0.4) is 0 Å². The van der Waals surface area contributed by atoms with Crippen molar-refractivity contribution in [2.45, 2.75) is 45.6 Å². The minimum atomic E-state index is -0.0788. The van der Waals surface area contributed by atoms with Crippen LogP contribution >= 0.6 is 0 Å². The van der Waals surface area contributed by atoms with Crippen LogP contribution in [0.2, 0.25) is 0 Å². The summed E-state index contributed by atoms with van der Waals surface area (Å²) >= 11 is 0. The Morgan fingerprint density at radius 3 is 2.33 bits per heavy atom. The molecule has 0 aliphatic carbocycles. The maximum absolute atomic E-state index is 12.4. The number of likely N-dealkylation sites (tertiary alicyclic amines) is 1. The highest BCUT2D eigenvalue weighted by molar-refractivity contribution is 5.98. The number of carbonyl (C=O) groups is 2. The van der Waals surface area contributed by atoms with Crippen LogP contribution in [-0.4, -0.2) is 43.3 Å². The largest absolute Gasteiger partial charge is 0.497 e. The van der Waals surface area contributed by atoms with Crippen molar-refractivity contribution in [1.29, 1.82) is 0 Å². The quantitative estimate of drug-likeness (QED) is 0.631. The molecule has 30 heavy (non-hydrogen) atoms. The average Bonchev–Trinajstić information content (AvgIpc) is 3.29. The third-order valence-electron chi connectivity index (χ3n) is 5.98. The van der Waals surface area contributed by atoms with E-state index in [4.69, 9.17) is 4.74 Å². The fourth-order valence-corrected chi connectivity index (χ4v) is 3.92. The van der Waals surface area contributed by atoms with E-state index in [1.54, 1.807) is 7.11 Å². The van der Waals surface area contributed by atoms with Crippen LogP contribution in [0.5, 0.6) is 5.75 Å². The summed E-state index contributed by atoms with van der Waals surface area (Å²) in [5.74, 6) is 0.761. The predicted molar refractivity (Wildman–Crippen MR) is 119 cm³/mol. The van der Waals surface area contributed by atoms with Crippen LogP contribution in [0.15, 0.2) is 42.5 Å². The summed E-state index contributed by atoms with van der Waals surface area (Å²) in [6, 6.07) is 13.9. The molecule has 1 amide bonds. The van der Waals surface area contributed by atoms with Crippen molar-refractivity contribution in [3.8, 4) is 5.75 Å². The summed E-state index contributed by atoms with van der Waals surface area (Å²) in [7, 11) is 1.66. The van der Waals surface area contributed by atoms with Crippen molar-refractivity contribution >= 4 is 11.7 Å². The second-order valence-corrected chi connectivity index (χ2v) is 8.06. The van der Waals surface area contributed by atoms with Gasteiger partial charge >= 0.3 is 0 Å². The summed E-state index contributed by atoms with van der Waals surface area (Å²) in [6.45, 7) is 6.64. The number of aryl methyl sites for hydroxylation is 2. The van der Waals surface area contributed by atoms with E-state index in [9.17, 15) is 9.59 Å². The van der Waals surface area contributed by atoms with Crippen molar-refractivity contribution in [1.82, 2.24) is 10.2 Å². The molecule has 1 fully saturated rings. The second-order valence-electron chi connectivity index (χ2n) is 8.06. The topological polar surface area (TPSA) is 58.6 Å². The molecule has 0 bridgehead atoms. The number of nitrogens with zero attached hydrogens (tertiary/aromatic N) is 1. The number of ether oxygens (including phenoxy) is 1. The predicted octanol–water partition coefficient (Wildman–Crippen LogP) is 4.23. The molecule has 1 unspecified atom stereocenters. The van der Waals surface area contributed by atoms with Gasteiger partial charge in [0.2, 0.25) is 5.91 Å². The lowest BCUT2D eigenvalue weighted by Crippen LogP contribution is -2.36. The zero-order chi connectivity index (χ0) is 21.5. The van der Waals surface area contributed by atoms with Gasteiger partial charge < -0.3 is 10.1 Å². The van der Waals surface area contributed by atoms with E-state index in [1.165, 1.54) is 18.4 Å². The van der Waals surface area contributed by atoms with Crippen LogP contribution in [0.1, 0.15) is 58.8 Å². The Labute approximate surface area is 179 Å². The molecule has 5 nitrogen and oxygen atoms in total. The first-order valence-corrected chi connectivity index (χ1v) is 10.7. The van der Waals surface area contributed by atoms with Gasteiger partial charge in [0.1, 0.15) is 5.75 Å². The van der Waals surface area contributed by atoms with E-state index in [1.807, 2.05) is 44.2 Å². The second kappa shape index (κ2) is 10.4. The number of hydrogen-bond acceptors (Lipinski definition) is 4. The van der Waals surface area contributed by atoms with Crippen LogP contribution < -0.4 is 10.1 Å². The Morgan fingerprint density at radius 2 is 1.70 bits per heavy atom. The van der Waals surface area contributed by atoms with E-state index in [2.05, 4.69) is 22.3 Å². The number of methoxy groups -OCH3 is 1. The summed E-state index contributed by atoms with van der Waals surface area (Å²) in [6.07, 6.45) is 2.81. The van der Waals surface area contributed by atoms with E-state index in [0.717, 1.165) is 30.0 Å². The Kier molecular flexibility index (Phi) is 7.63. The number of benzene rings is 2. The molecule has 0 aromatic heterocycles. The van der Waals surface area contributed by atoms with Crippen LogP contribution in [0, 0.1) is 13.8 Å². The SMILES string of the molecule is COc1ccc(C(CNC(=O)CCC(=O)c2ccc(C)c(C)c2)N2CCCC2)cc1. The van der Waals surface area contributed by atoms with Crippen molar-refractivity contribution in [3.63, 3.8) is 0 Å². The third kappa shape index (κ3) is 5.70. The van der Waals surface area contributed by atoms with Gasteiger partial charge in [-0.1, -0.05) is 24.3 Å². The minimum absolute atomic E-state index is 0.0134. The smallest absolute Gasteiger partial charge is 0.220 e. The van der Waals surface area contributed by atoms with Crippen molar-refractivity contribution in [2.75, 3.05) is 26.7 Å². The maximum Gasteiger partial charge on any atom is 0.220 e. The van der Waals surface area contributed by atoms with E-state index < -0.39 is 0 Å². The molecule has 0 spiro atoms. The van der Waals surface area contributed by atoms with E-state index in [-0.39, 0.29) is 30.6 Å². The van der Waals surface area contributed by atoms with E-state index >= 15 is 0 Å². The normalized spacial score (nSPS) is 15.0. The number of amides is 1. The van der Waals surface area contributed by atoms with Crippen LogP contribution in [0.25, 0.3) is 0 Å². The van der Waals surface area contributed by atoms with Crippen LogP contribution in [-0.2, 0) is 4.79 Å². The lowest BCUT2D eigenvalue weighted by atomic mass is 10.0. The van der Waals surface area contributed by atoms with Crippen molar-refractivity contribution < 1.29 is 14.3 Å². The number of Topliss-reactive ketones (excluding diaryl/α,β-unsaturated/α-hetero) is 1. The number of ketones is 1. The molecule has 1 aliphatic rings. The molecular weight excluding hydrogens is 376 g/mol. The fraction of sp³-hybridized carbons (Fsp3) is 0.440. The standard InChI is InChI=1S/C25H32N2O3/c1-18-6-7-21(16-19(18)2)24(28)12-13-25(29)26-17-23(27-14-4-5-15-27)20-8-10-22(30-3)11-9-20/h6-11,16,23H,4-5,12-15,17H2,1-3H3,(H,26,29). The molecule has 1 atom stereocenters. The monoisotopic (exact) mass is 408 g/mol. The van der Waals surface area contributed by atoms with Gasteiger partial charge in [-0.2, -0.15) is 0 Å². The van der Waals surface area contributed by atoms with E-state index in [0.29, 0.717) is 12.1 Å². The molecule has 1 aliphatic heterocycles. The highest BCUT2D eigenvalue weighted by Gasteiger charge is 2.24. The number of nitrogens with one attached hydrogen (secondary N) is 1. The Bertz CT molecular complexity index is 870. The summed E-state index contributed by atoms with van der Waals surface area (Å²) in [4.78, 5) is 27.3. The summed E-state index contributed by atoms with van der Waals surface area (Å²) in [5.41, 5.74) is 4.11. The Balaban J connectivity index is 1.55. The molecule has 160 valence electrons.